The van der Waals surface area contributed by atoms with Gasteiger partial charge in [0.2, 0.25) is 5.91 Å². The van der Waals surface area contributed by atoms with E-state index in [1.54, 1.807) is 18.4 Å². The second-order valence-corrected chi connectivity index (χ2v) is 9.50. The number of aromatic nitrogens is 1. The number of thiophene rings is 1. The first-order valence-electron chi connectivity index (χ1n) is 11.4. The number of para-hydroxylation sites is 3. The normalized spacial score (nSPS) is 15.1. The van der Waals surface area contributed by atoms with Gasteiger partial charge < -0.3 is 19.1 Å². The molecule has 5 nitrogen and oxygen atoms in total. The molecule has 1 aliphatic heterocycles. The minimum Gasteiger partial charge on any atom is -0.495 e. The zero-order valence-electron chi connectivity index (χ0n) is 19.1. The zero-order valence-corrected chi connectivity index (χ0v) is 19.9. The van der Waals surface area contributed by atoms with Crippen LogP contribution in [0.3, 0.4) is 0 Å². The van der Waals surface area contributed by atoms with Crippen molar-refractivity contribution in [3.05, 3.63) is 82.7 Å². The molecule has 33 heavy (non-hydrogen) atoms. The molecule has 1 atom stereocenters. The molecule has 2 aromatic heterocycles. The number of ether oxygens (including phenoxy) is 1. The Hall–Kier alpha value is -3.25. The van der Waals surface area contributed by atoms with Gasteiger partial charge in [0.05, 0.1) is 12.8 Å². The number of amides is 1. The molecule has 0 aliphatic carbocycles. The van der Waals surface area contributed by atoms with Crippen LogP contribution in [0.1, 0.15) is 22.8 Å². The van der Waals surface area contributed by atoms with Crippen molar-refractivity contribution in [1.29, 1.82) is 0 Å². The fourth-order valence-corrected chi connectivity index (χ4v) is 5.74. The minimum atomic E-state index is 0.0656. The van der Waals surface area contributed by atoms with E-state index in [2.05, 4.69) is 70.6 Å². The van der Waals surface area contributed by atoms with E-state index in [1.807, 2.05) is 23.1 Å². The van der Waals surface area contributed by atoms with Crippen LogP contribution in [0.4, 0.5) is 5.69 Å². The Balaban J connectivity index is 1.34. The zero-order chi connectivity index (χ0) is 22.8. The number of rotatable bonds is 6. The number of methoxy groups -OCH3 is 1. The van der Waals surface area contributed by atoms with Crippen molar-refractivity contribution in [3.8, 4) is 5.75 Å². The average molecular weight is 460 g/mol. The highest BCUT2D eigenvalue weighted by Crippen LogP contribution is 2.37. The molecule has 1 aliphatic rings. The molecule has 1 fully saturated rings. The lowest BCUT2D eigenvalue weighted by molar-refractivity contribution is -0.131. The predicted molar refractivity (Wildman–Crippen MR) is 135 cm³/mol. The Kier molecular flexibility index (Phi) is 6.09. The number of aryl methyl sites for hydroxylation is 1. The maximum atomic E-state index is 13.5. The Labute approximate surface area is 198 Å². The molecular formula is C27H29N3O2S. The summed E-state index contributed by atoms with van der Waals surface area (Å²) in [7, 11) is 3.78. The molecule has 1 saturated heterocycles. The first kappa shape index (κ1) is 21.6. The van der Waals surface area contributed by atoms with Gasteiger partial charge in [-0.3, -0.25) is 4.79 Å². The standard InChI is InChI=1S/C27H29N3O2S/c1-28-19-22(20-8-3-4-9-23(20)28)21(26-12-7-17-33-26)18-27(31)30-15-13-29(14-16-30)24-10-5-6-11-25(24)32-2/h3-12,17,19,21H,13-16,18H2,1-2H3. The number of hydrogen-bond acceptors (Lipinski definition) is 4. The number of carbonyl (C=O) groups excluding carboxylic acids is 1. The molecule has 1 unspecified atom stereocenters. The van der Waals surface area contributed by atoms with Crippen molar-refractivity contribution in [2.75, 3.05) is 38.2 Å². The van der Waals surface area contributed by atoms with Crippen LogP contribution >= 0.6 is 11.3 Å². The fourth-order valence-electron chi connectivity index (χ4n) is 4.90. The van der Waals surface area contributed by atoms with E-state index in [0.717, 1.165) is 37.6 Å². The Morgan fingerprint density at radius 1 is 1.00 bits per heavy atom. The van der Waals surface area contributed by atoms with Crippen molar-refractivity contribution in [3.63, 3.8) is 0 Å². The second-order valence-electron chi connectivity index (χ2n) is 8.52. The Morgan fingerprint density at radius 3 is 2.52 bits per heavy atom. The summed E-state index contributed by atoms with van der Waals surface area (Å²) in [6.07, 6.45) is 2.69. The van der Waals surface area contributed by atoms with Gasteiger partial charge in [0.1, 0.15) is 5.75 Å². The molecule has 0 saturated carbocycles. The predicted octanol–water partition coefficient (Wildman–Crippen LogP) is 5.12. The summed E-state index contributed by atoms with van der Waals surface area (Å²) in [5.41, 5.74) is 3.53. The van der Waals surface area contributed by atoms with Crippen LogP contribution in [-0.4, -0.2) is 48.7 Å². The molecule has 3 heterocycles. The highest BCUT2D eigenvalue weighted by Gasteiger charge is 2.28. The molecule has 4 aromatic rings. The number of nitrogens with zero attached hydrogens (tertiary/aromatic N) is 3. The number of piperazine rings is 1. The topological polar surface area (TPSA) is 37.7 Å². The molecule has 0 spiro atoms. The smallest absolute Gasteiger partial charge is 0.223 e. The summed E-state index contributed by atoms with van der Waals surface area (Å²) in [6, 6.07) is 20.8. The lowest BCUT2D eigenvalue weighted by atomic mass is 9.93. The van der Waals surface area contributed by atoms with Gasteiger partial charge in [0, 0.05) is 67.5 Å². The lowest BCUT2D eigenvalue weighted by Crippen LogP contribution is -2.49. The summed E-state index contributed by atoms with van der Waals surface area (Å²) in [4.78, 5) is 19.0. The van der Waals surface area contributed by atoms with Crippen molar-refractivity contribution in [1.82, 2.24) is 9.47 Å². The largest absolute Gasteiger partial charge is 0.495 e. The van der Waals surface area contributed by atoms with Crippen LogP contribution < -0.4 is 9.64 Å². The number of benzene rings is 2. The van der Waals surface area contributed by atoms with E-state index >= 15 is 0 Å². The summed E-state index contributed by atoms with van der Waals surface area (Å²) in [6.45, 7) is 3.07. The summed E-state index contributed by atoms with van der Waals surface area (Å²) in [5.74, 6) is 1.17. The number of carbonyl (C=O) groups is 1. The van der Waals surface area contributed by atoms with Gasteiger partial charge in [0.15, 0.2) is 0 Å². The maximum absolute atomic E-state index is 13.5. The highest BCUT2D eigenvalue weighted by atomic mass is 32.1. The average Bonchev–Trinajstić information content (AvgIpc) is 3.51. The van der Waals surface area contributed by atoms with E-state index in [4.69, 9.17) is 4.74 Å². The molecule has 2 aromatic carbocycles. The molecule has 6 heteroatoms. The summed E-state index contributed by atoms with van der Waals surface area (Å²) in [5, 5.41) is 3.33. The van der Waals surface area contributed by atoms with E-state index in [9.17, 15) is 4.79 Å². The van der Waals surface area contributed by atoms with Crippen molar-refractivity contribution >= 4 is 33.8 Å². The van der Waals surface area contributed by atoms with E-state index in [0.29, 0.717) is 6.42 Å². The van der Waals surface area contributed by atoms with Crippen LogP contribution in [0, 0.1) is 0 Å². The van der Waals surface area contributed by atoms with Gasteiger partial charge >= 0.3 is 0 Å². The summed E-state index contributed by atoms with van der Waals surface area (Å²) < 4.78 is 7.70. The number of fused-ring (bicyclic) bond motifs is 1. The lowest BCUT2D eigenvalue weighted by Gasteiger charge is -2.37. The molecule has 170 valence electrons. The number of hydrogen-bond donors (Lipinski definition) is 0. The molecule has 1 amide bonds. The van der Waals surface area contributed by atoms with E-state index in [-0.39, 0.29) is 11.8 Å². The first-order chi connectivity index (χ1) is 16.2. The van der Waals surface area contributed by atoms with Crippen LogP contribution in [0.5, 0.6) is 5.75 Å². The van der Waals surface area contributed by atoms with Crippen LogP contribution in [-0.2, 0) is 11.8 Å². The fraction of sp³-hybridized carbons (Fsp3) is 0.296. The third kappa shape index (κ3) is 4.23. The Bertz CT molecular complexity index is 1240. The second kappa shape index (κ2) is 9.32. The SMILES string of the molecule is COc1ccccc1N1CCN(C(=O)CC(c2cccs2)c2cn(C)c3ccccc23)CC1. The van der Waals surface area contributed by atoms with Crippen molar-refractivity contribution in [2.45, 2.75) is 12.3 Å². The van der Waals surface area contributed by atoms with E-state index in [1.165, 1.54) is 21.3 Å². The van der Waals surface area contributed by atoms with Gasteiger partial charge in [-0.2, -0.15) is 0 Å². The monoisotopic (exact) mass is 459 g/mol. The third-order valence-electron chi connectivity index (χ3n) is 6.63. The molecule has 0 N–H and O–H groups in total. The van der Waals surface area contributed by atoms with Crippen LogP contribution in [0.2, 0.25) is 0 Å². The quantitative estimate of drug-likeness (QED) is 0.402. The molecule has 0 radical (unpaired) electrons. The van der Waals surface area contributed by atoms with Gasteiger partial charge in [-0.05, 0) is 35.2 Å². The van der Waals surface area contributed by atoms with Gasteiger partial charge in [-0.15, -0.1) is 11.3 Å². The van der Waals surface area contributed by atoms with Gasteiger partial charge in [0.25, 0.3) is 0 Å². The highest BCUT2D eigenvalue weighted by molar-refractivity contribution is 7.10. The molecular weight excluding hydrogens is 430 g/mol. The van der Waals surface area contributed by atoms with E-state index < -0.39 is 0 Å². The Morgan fingerprint density at radius 2 is 1.76 bits per heavy atom. The summed E-state index contributed by atoms with van der Waals surface area (Å²) >= 11 is 1.73. The maximum Gasteiger partial charge on any atom is 0.223 e. The van der Waals surface area contributed by atoms with Crippen molar-refractivity contribution in [2.24, 2.45) is 7.05 Å². The van der Waals surface area contributed by atoms with Crippen molar-refractivity contribution < 1.29 is 9.53 Å². The van der Waals surface area contributed by atoms with Gasteiger partial charge in [-0.1, -0.05) is 36.4 Å². The first-order valence-corrected chi connectivity index (χ1v) is 12.3. The minimum absolute atomic E-state index is 0.0656. The third-order valence-corrected chi connectivity index (χ3v) is 7.61. The van der Waals surface area contributed by atoms with Crippen LogP contribution in [0.25, 0.3) is 10.9 Å². The van der Waals surface area contributed by atoms with Gasteiger partial charge in [-0.25, -0.2) is 0 Å². The van der Waals surface area contributed by atoms with Crippen LogP contribution in [0.15, 0.2) is 72.2 Å². The molecule has 0 bridgehead atoms. The number of anilines is 1. The molecule has 5 rings (SSSR count).